The second-order valence-corrected chi connectivity index (χ2v) is 5.06. The predicted octanol–water partition coefficient (Wildman–Crippen LogP) is 2.90. The Labute approximate surface area is 120 Å². The molecule has 0 bridgehead atoms. The standard InChI is InChI=1S/C16H23NO3/c1-3-13(4-2)16(18)17-11-12-6-7-14-15(10-12)20-9-5-8-19-14/h6-7,10,13H,3-5,8-9,11H2,1-2H3,(H,17,18). The molecule has 4 heteroatoms. The molecule has 0 radical (unpaired) electrons. The van der Waals surface area contributed by atoms with Crippen LogP contribution in [0.2, 0.25) is 0 Å². The highest BCUT2D eigenvalue weighted by Crippen LogP contribution is 2.30. The number of hydrogen-bond donors (Lipinski definition) is 1. The molecule has 110 valence electrons. The number of carbonyl (C=O) groups is 1. The fraction of sp³-hybridized carbons (Fsp3) is 0.562. The zero-order chi connectivity index (χ0) is 14.4. The van der Waals surface area contributed by atoms with E-state index in [-0.39, 0.29) is 11.8 Å². The number of amides is 1. The van der Waals surface area contributed by atoms with Gasteiger partial charge in [0.25, 0.3) is 0 Å². The minimum atomic E-state index is 0.107. The van der Waals surface area contributed by atoms with Gasteiger partial charge in [-0.3, -0.25) is 4.79 Å². The summed E-state index contributed by atoms with van der Waals surface area (Å²) in [5.74, 6) is 1.80. The molecule has 1 N–H and O–H groups in total. The molecular weight excluding hydrogens is 254 g/mol. The van der Waals surface area contributed by atoms with Crippen molar-refractivity contribution in [3.8, 4) is 11.5 Å². The molecule has 0 unspecified atom stereocenters. The molecule has 0 spiro atoms. The van der Waals surface area contributed by atoms with Gasteiger partial charge in [0.05, 0.1) is 13.2 Å². The normalized spacial score (nSPS) is 13.9. The third-order valence-corrected chi connectivity index (χ3v) is 3.64. The van der Waals surface area contributed by atoms with Crippen molar-refractivity contribution in [1.82, 2.24) is 5.32 Å². The highest BCUT2D eigenvalue weighted by molar-refractivity contribution is 5.78. The van der Waals surface area contributed by atoms with Gasteiger partial charge in [-0.15, -0.1) is 0 Å². The highest BCUT2D eigenvalue weighted by atomic mass is 16.5. The largest absolute Gasteiger partial charge is 0.490 e. The maximum Gasteiger partial charge on any atom is 0.223 e. The van der Waals surface area contributed by atoms with Crippen molar-refractivity contribution in [1.29, 1.82) is 0 Å². The number of fused-ring (bicyclic) bond motifs is 1. The molecule has 1 aliphatic rings. The smallest absolute Gasteiger partial charge is 0.223 e. The number of nitrogens with one attached hydrogen (secondary N) is 1. The molecule has 0 saturated carbocycles. The first-order valence-corrected chi connectivity index (χ1v) is 7.40. The molecule has 1 amide bonds. The van der Waals surface area contributed by atoms with Crippen LogP contribution in [0.25, 0.3) is 0 Å². The average molecular weight is 277 g/mol. The van der Waals surface area contributed by atoms with Crippen molar-refractivity contribution in [2.75, 3.05) is 13.2 Å². The van der Waals surface area contributed by atoms with Crippen molar-refractivity contribution < 1.29 is 14.3 Å². The van der Waals surface area contributed by atoms with Gasteiger partial charge < -0.3 is 14.8 Å². The van der Waals surface area contributed by atoms with E-state index in [0.29, 0.717) is 19.8 Å². The summed E-state index contributed by atoms with van der Waals surface area (Å²) >= 11 is 0. The zero-order valence-corrected chi connectivity index (χ0v) is 12.3. The van der Waals surface area contributed by atoms with Crippen LogP contribution in [-0.4, -0.2) is 19.1 Å². The first-order valence-electron chi connectivity index (χ1n) is 7.40. The van der Waals surface area contributed by atoms with Crippen LogP contribution in [0.15, 0.2) is 18.2 Å². The topological polar surface area (TPSA) is 47.6 Å². The zero-order valence-electron chi connectivity index (χ0n) is 12.3. The van der Waals surface area contributed by atoms with Gasteiger partial charge in [-0.1, -0.05) is 19.9 Å². The Kier molecular flexibility index (Phi) is 5.27. The van der Waals surface area contributed by atoms with Crippen LogP contribution in [0.4, 0.5) is 0 Å². The van der Waals surface area contributed by atoms with Crippen LogP contribution in [0, 0.1) is 5.92 Å². The summed E-state index contributed by atoms with van der Waals surface area (Å²) in [5, 5.41) is 2.99. The van der Waals surface area contributed by atoms with E-state index in [9.17, 15) is 4.79 Å². The van der Waals surface area contributed by atoms with Crippen LogP contribution in [0.3, 0.4) is 0 Å². The fourth-order valence-corrected chi connectivity index (χ4v) is 2.31. The van der Waals surface area contributed by atoms with Crippen LogP contribution in [0.1, 0.15) is 38.7 Å². The third kappa shape index (κ3) is 3.65. The van der Waals surface area contributed by atoms with E-state index < -0.39 is 0 Å². The molecule has 20 heavy (non-hydrogen) atoms. The predicted molar refractivity (Wildman–Crippen MR) is 78.0 cm³/mol. The van der Waals surface area contributed by atoms with Crippen molar-refractivity contribution in [3.63, 3.8) is 0 Å². The van der Waals surface area contributed by atoms with Crippen LogP contribution in [-0.2, 0) is 11.3 Å². The lowest BCUT2D eigenvalue weighted by molar-refractivity contribution is -0.125. The minimum Gasteiger partial charge on any atom is -0.490 e. The molecular formula is C16H23NO3. The Morgan fingerprint density at radius 1 is 1.20 bits per heavy atom. The van der Waals surface area contributed by atoms with Crippen molar-refractivity contribution in [2.24, 2.45) is 5.92 Å². The van der Waals surface area contributed by atoms with Crippen molar-refractivity contribution in [2.45, 2.75) is 39.7 Å². The third-order valence-electron chi connectivity index (χ3n) is 3.64. The quantitative estimate of drug-likeness (QED) is 0.900. The second-order valence-electron chi connectivity index (χ2n) is 5.06. The van der Waals surface area contributed by atoms with Gasteiger partial charge in [-0.05, 0) is 30.5 Å². The Bertz CT molecular complexity index is 455. The first kappa shape index (κ1) is 14.7. The SMILES string of the molecule is CCC(CC)C(=O)NCc1ccc2c(c1)OCCCO2. The summed E-state index contributed by atoms with van der Waals surface area (Å²) in [7, 11) is 0. The van der Waals surface area contributed by atoms with Gasteiger partial charge in [-0.25, -0.2) is 0 Å². The van der Waals surface area contributed by atoms with E-state index in [1.807, 2.05) is 32.0 Å². The number of benzene rings is 1. The number of hydrogen-bond acceptors (Lipinski definition) is 3. The summed E-state index contributed by atoms with van der Waals surface area (Å²) in [6.45, 7) is 5.99. The Balaban J connectivity index is 1.96. The summed E-state index contributed by atoms with van der Waals surface area (Å²) < 4.78 is 11.2. The van der Waals surface area contributed by atoms with E-state index in [2.05, 4.69) is 5.32 Å². The summed E-state index contributed by atoms with van der Waals surface area (Å²) in [5.41, 5.74) is 1.04. The molecule has 1 aromatic rings. The van der Waals surface area contributed by atoms with E-state index in [1.165, 1.54) is 0 Å². The molecule has 0 aliphatic carbocycles. The number of ether oxygens (including phenoxy) is 2. The second kappa shape index (κ2) is 7.17. The molecule has 1 aliphatic heterocycles. The van der Waals surface area contributed by atoms with E-state index in [1.54, 1.807) is 0 Å². The Morgan fingerprint density at radius 3 is 2.60 bits per heavy atom. The lowest BCUT2D eigenvalue weighted by Crippen LogP contribution is -2.29. The van der Waals surface area contributed by atoms with Crippen LogP contribution in [0.5, 0.6) is 11.5 Å². The maximum absolute atomic E-state index is 12.0. The monoisotopic (exact) mass is 277 g/mol. The molecule has 0 fully saturated rings. The van der Waals surface area contributed by atoms with Crippen molar-refractivity contribution in [3.05, 3.63) is 23.8 Å². The molecule has 2 rings (SSSR count). The van der Waals surface area contributed by atoms with Crippen LogP contribution >= 0.6 is 0 Å². The molecule has 4 nitrogen and oxygen atoms in total. The Hall–Kier alpha value is -1.71. The number of carbonyl (C=O) groups excluding carboxylic acids is 1. The lowest BCUT2D eigenvalue weighted by Gasteiger charge is -2.14. The molecule has 0 aromatic heterocycles. The van der Waals surface area contributed by atoms with E-state index in [4.69, 9.17) is 9.47 Å². The van der Waals surface area contributed by atoms with Gasteiger partial charge >= 0.3 is 0 Å². The van der Waals surface area contributed by atoms with Crippen LogP contribution < -0.4 is 14.8 Å². The summed E-state index contributed by atoms with van der Waals surface area (Å²) in [4.78, 5) is 12.0. The fourth-order valence-electron chi connectivity index (χ4n) is 2.31. The molecule has 1 heterocycles. The lowest BCUT2D eigenvalue weighted by atomic mass is 10.0. The first-order chi connectivity index (χ1) is 9.74. The van der Waals surface area contributed by atoms with Gasteiger partial charge in [0.15, 0.2) is 11.5 Å². The molecule has 1 aromatic carbocycles. The minimum absolute atomic E-state index is 0.107. The Morgan fingerprint density at radius 2 is 1.90 bits per heavy atom. The van der Waals surface area contributed by atoms with Gasteiger partial charge in [-0.2, -0.15) is 0 Å². The maximum atomic E-state index is 12.0. The molecule has 0 atom stereocenters. The van der Waals surface area contributed by atoms with Gasteiger partial charge in [0.1, 0.15) is 0 Å². The van der Waals surface area contributed by atoms with E-state index >= 15 is 0 Å². The summed E-state index contributed by atoms with van der Waals surface area (Å²) in [6, 6.07) is 5.84. The molecule has 0 saturated heterocycles. The summed E-state index contributed by atoms with van der Waals surface area (Å²) in [6.07, 6.45) is 2.66. The number of rotatable bonds is 5. The average Bonchev–Trinajstić information content (AvgIpc) is 2.71. The van der Waals surface area contributed by atoms with Gasteiger partial charge in [0, 0.05) is 18.9 Å². The van der Waals surface area contributed by atoms with Gasteiger partial charge in [0.2, 0.25) is 5.91 Å². The van der Waals surface area contributed by atoms with E-state index in [0.717, 1.165) is 36.3 Å². The highest BCUT2D eigenvalue weighted by Gasteiger charge is 2.14. The van der Waals surface area contributed by atoms with Crippen molar-refractivity contribution >= 4 is 5.91 Å².